The quantitative estimate of drug-likeness (QED) is 0.400. The van der Waals surface area contributed by atoms with Gasteiger partial charge in [0.1, 0.15) is 0 Å². The minimum absolute atomic E-state index is 0.0463. The molecule has 2 aromatic carbocycles. The number of fused-ring (bicyclic) bond motifs is 1. The van der Waals surface area contributed by atoms with E-state index in [1.165, 1.54) is 6.92 Å². The molecule has 8 nitrogen and oxygen atoms in total. The third-order valence-corrected chi connectivity index (χ3v) is 4.94. The molecule has 0 spiro atoms. The lowest BCUT2D eigenvalue weighted by Crippen LogP contribution is -2.27. The van der Waals surface area contributed by atoms with E-state index >= 15 is 0 Å². The monoisotopic (exact) mass is 442 g/mol. The molecule has 33 heavy (non-hydrogen) atoms. The Balaban J connectivity index is 1.62. The molecule has 2 amide bonds. The third kappa shape index (κ3) is 5.17. The second-order valence-electron chi connectivity index (χ2n) is 8.81. The lowest BCUT2D eigenvalue weighted by Gasteiger charge is -2.18. The summed E-state index contributed by atoms with van der Waals surface area (Å²) < 4.78 is 1.80. The van der Waals surface area contributed by atoms with E-state index in [1.807, 2.05) is 81.4 Å². The first-order chi connectivity index (χ1) is 15.7. The first-order valence-corrected chi connectivity index (χ1v) is 10.6. The molecule has 0 aliphatic carbocycles. The van der Waals surface area contributed by atoms with Gasteiger partial charge in [0, 0.05) is 35.0 Å². The number of nitrogens with one attached hydrogen (secondary N) is 3. The first-order valence-electron chi connectivity index (χ1n) is 10.6. The van der Waals surface area contributed by atoms with Crippen molar-refractivity contribution in [3.8, 4) is 11.3 Å². The maximum atomic E-state index is 12.4. The van der Waals surface area contributed by atoms with E-state index in [4.69, 9.17) is 0 Å². The van der Waals surface area contributed by atoms with Crippen LogP contribution in [0.25, 0.3) is 16.8 Å². The van der Waals surface area contributed by atoms with Crippen molar-refractivity contribution in [2.45, 2.75) is 27.7 Å². The molecule has 2 aromatic heterocycles. The average molecular weight is 443 g/mol. The number of aromatic nitrogens is 3. The highest BCUT2D eigenvalue weighted by molar-refractivity contribution is 5.95. The van der Waals surface area contributed by atoms with Crippen LogP contribution in [0.15, 0.2) is 66.9 Å². The van der Waals surface area contributed by atoms with Crippen molar-refractivity contribution in [3.63, 3.8) is 0 Å². The van der Waals surface area contributed by atoms with Gasteiger partial charge in [-0.05, 0) is 42.5 Å². The van der Waals surface area contributed by atoms with Gasteiger partial charge < -0.3 is 16.0 Å². The number of carbonyl (C=O) groups is 2. The fraction of sp³-hybridized carbons (Fsp3) is 0.200. The van der Waals surface area contributed by atoms with E-state index in [-0.39, 0.29) is 11.8 Å². The smallest absolute Gasteiger partial charge is 0.245 e. The maximum Gasteiger partial charge on any atom is 0.245 e. The molecule has 0 aliphatic rings. The fourth-order valence-electron chi connectivity index (χ4n) is 3.26. The van der Waals surface area contributed by atoms with Crippen LogP contribution in [0.5, 0.6) is 0 Å². The number of benzene rings is 2. The summed E-state index contributed by atoms with van der Waals surface area (Å²) in [5.74, 6) is 0.231. The zero-order valence-electron chi connectivity index (χ0n) is 19.0. The van der Waals surface area contributed by atoms with Crippen LogP contribution >= 0.6 is 0 Å². The summed E-state index contributed by atoms with van der Waals surface area (Å²) in [6, 6.07) is 18.9. The van der Waals surface area contributed by atoms with Gasteiger partial charge in [-0.15, -0.1) is 5.10 Å². The molecule has 0 aliphatic heterocycles. The topological polar surface area (TPSA) is 100 Å². The van der Waals surface area contributed by atoms with E-state index in [0.29, 0.717) is 11.6 Å². The Morgan fingerprint density at radius 1 is 0.879 bits per heavy atom. The van der Waals surface area contributed by atoms with Gasteiger partial charge in [0.15, 0.2) is 0 Å². The van der Waals surface area contributed by atoms with Crippen LogP contribution in [-0.2, 0) is 9.59 Å². The number of anilines is 4. The molecule has 2 heterocycles. The Hall–Kier alpha value is -4.20. The van der Waals surface area contributed by atoms with Crippen molar-refractivity contribution in [2.24, 2.45) is 5.41 Å². The van der Waals surface area contributed by atoms with Gasteiger partial charge in [0.05, 0.1) is 17.4 Å². The fourth-order valence-corrected chi connectivity index (χ4v) is 3.26. The molecule has 168 valence electrons. The molecule has 3 N–H and O–H groups in total. The Bertz CT molecular complexity index is 1340. The zero-order valence-corrected chi connectivity index (χ0v) is 19.0. The Morgan fingerprint density at radius 2 is 1.58 bits per heavy atom. The van der Waals surface area contributed by atoms with Gasteiger partial charge in [0.2, 0.25) is 17.8 Å². The minimum Gasteiger partial charge on any atom is -0.326 e. The molecule has 4 aromatic rings. The normalized spacial score (nSPS) is 11.3. The number of rotatable bonds is 5. The largest absolute Gasteiger partial charge is 0.326 e. The summed E-state index contributed by atoms with van der Waals surface area (Å²) in [5, 5.41) is 13.6. The number of hydrogen-bond donors (Lipinski definition) is 3. The van der Waals surface area contributed by atoms with Gasteiger partial charge in [-0.25, -0.2) is 9.50 Å². The molecule has 0 saturated carbocycles. The van der Waals surface area contributed by atoms with Crippen LogP contribution in [-0.4, -0.2) is 26.4 Å². The number of amides is 2. The second-order valence-corrected chi connectivity index (χ2v) is 8.81. The first kappa shape index (κ1) is 22.0. The summed E-state index contributed by atoms with van der Waals surface area (Å²) in [7, 11) is 0. The molecular formula is C25H26N6O2. The van der Waals surface area contributed by atoms with Crippen molar-refractivity contribution < 1.29 is 9.59 Å². The van der Waals surface area contributed by atoms with Gasteiger partial charge in [0.25, 0.3) is 0 Å². The van der Waals surface area contributed by atoms with E-state index in [2.05, 4.69) is 26.0 Å². The van der Waals surface area contributed by atoms with Crippen molar-refractivity contribution >= 4 is 40.3 Å². The lowest BCUT2D eigenvalue weighted by molar-refractivity contribution is -0.123. The number of hydrogen-bond acceptors (Lipinski definition) is 5. The Kier molecular flexibility index (Phi) is 5.83. The molecular weight excluding hydrogens is 416 g/mol. The van der Waals surface area contributed by atoms with Gasteiger partial charge in [-0.2, -0.15) is 0 Å². The lowest BCUT2D eigenvalue weighted by atomic mass is 9.95. The SMILES string of the molecule is CC(=O)Nc1cccc(Nc2ncc3ccc(-c4cccc(NC(=O)C(C)(C)C)c4)n3n2)c1. The standard InChI is InChI=1S/C25H26N6O2/c1-16(32)27-19-9-6-10-20(14-19)29-24-26-15-21-11-12-22(31(21)30-24)17-7-5-8-18(13-17)28-23(33)25(2,3)4/h5-15H,1-4H3,(H,27,32)(H,28,33)(H,29,30). The number of carbonyl (C=O) groups excluding carboxylic acids is 2. The van der Waals surface area contributed by atoms with Crippen LogP contribution in [0.4, 0.5) is 23.0 Å². The molecule has 0 fully saturated rings. The zero-order chi connectivity index (χ0) is 23.6. The molecule has 0 atom stereocenters. The van der Waals surface area contributed by atoms with Crippen molar-refractivity contribution in [2.75, 3.05) is 16.0 Å². The molecule has 0 unspecified atom stereocenters. The van der Waals surface area contributed by atoms with Gasteiger partial charge >= 0.3 is 0 Å². The second kappa shape index (κ2) is 8.74. The van der Waals surface area contributed by atoms with E-state index in [1.54, 1.807) is 10.7 Å². The van der Waals surface area contributed by atoms with Crippen LogP contribution in [0.2, 0.25) is 0 Å². The van der Waals surface area contributed by atoms with Crippen molar-refractivity contribution in [3.05, 3.63) is 66.9 Å². The summed E-state index contributed by atoms with van der Waals surface area (Å²) in [5.41, 5.74) is 4.30. The highest BCUT2D eigenvalue weighted by Gasteiger charge is 2.21. The van der Waals surface area contributed by atoms with Crippen LogP contribution in [0.3, 0.4) is 0 Å². The Morgan fingerprint density at radius 3 is 2.30 bits per heavy atom. The highest BCUT2D eigenvalue weighted by atomic mass is 16.2. The highest BCUT2D eigenvalue weighted by Crippen LogP contribution is 2.26. The summed E-state index contributed by atoms with van der Waals surface area (Å²) in [6.45, 7) is 7.10. The predicted molar refractivity (Wildman–Crippen MR) is 131 cm³/mol. The van der Waals surface area contributed by atoms with Crippen LogP contribution in [0.1, 0.15) is 27.7 Å². The van der Waals surface area contributed by atoms with Crippen molar-refractivity contribution in [1.29, 1.82) is 0 Å². The third-order valence-electron chi connectivity index (χ3n) is 4.94. The van der Waals surface area contributed by atoms with Gasteiger partial charge in [-0.1, -0.05) is 39.0 Å². The van der Waals surface area contributed by atoms with Crippen LogP contribution < -0.4 is 16.0 Å². The predicted octanol–water partition coefficient (Wildman–Crippen LogP) is 5.08. The number of nitrogens with zero attached hydrogens (tertiary/aromatic N) is 3. The molecule has 8 heteroatoms. The molecule has 0 bridgehead atoms. The van der Waals surface area contributed by atoms with Crippen LogP contribution in [0, 0.1) is 5.41 Å². The summed E-state index contributed by atoms with van der Waals surface area (Å²) in [4.78, 5) is 28.1. The van der Waals surface area contributed by atoms with Gasteiger partial charge in [-0.3, -0.25) is 9.59 Å². The summed E-state index contributed by atoms with van der Waals surface area (Å²) >= 11 is 0. The summed E-state index contributed by atoms with van der Waals surface area (Å²) in [6.07, 6.45) is 1.74. The Labute approximate surface area is 192 Å². The van der Waals surface area contributed by atoms with E-state index in [0.717, 1.165) is 28.1 Å². The van der Waals surface area contributed by atoms with Crippen molar-refractivity contribution in [1.82, 2.24) is 14.6 Å². The van der Waals surface area contributed by atoms with E-state index < -0.39 is 5.41 Å². The van der Waals surface area contributed by atoms with E-state index in [9.17, 15) is 9.59 Å². The average Bonchev–Trinajstić information content (AvgIpc) is 3.16. The molecule has 4 rings (SSSR count). The minimum atomic E-state index is -0.483. The molecule has 0 radical (unpaired) electrons. The maximum absolute atomic E-state index is 12.4. The molecule has 0 saturated heterocycles.